The number of benzene rings is 1. The maximum Gasteiger partial charge on any atom is 0.165 e. The SMILES string of the molecule is COc1cc(Cl)cc(CNC(C)(C)C)c1OCC1CCC1. The molecule has 0 atom stereocenters. The van der Waals surface area contributed by atoms with E-state index < -0.39 is 0 Å². The van der Waals surface area contributed by atoms with Gasteiger partial charge in [-0.25, -0.2) is 0 Å². The fourth-order valence-corrected chi connectivity index (χ4v) is 2.52. The van der Waals surface area contributed by atoms with Crippen LogP contribution in [0, 0.1) is 5.92 Å². The predicted molar refractivity (Wildman–Crippen MR) is 87.4 cm³/mol. The van der Waals surface area contributed by atoms with E-state index in [0.29, 0.717) is 23.2 Å². The van der Waals surface area contributed by atoms with Crippen molar-refractivity contribution in [2.45, 2.75) is 52.1 Å². The molecule has 0 unspecified atom stereocenters. The fraction of sp³-hybridized carbons (Fsp3) is 0.647. The first-order valence-electron chi connectivity index (χ1n) is 7.63. The first-order valence-corrected chi connectivity index (χ1v) is 8.01. The normalized spacial score (nSPS) is 15.7. The Labute approximate surface area is 133 Å². The first kappa shape index (κ1) is 16.4. The molecule has 2 rings (SSSR count). The smallest absolute Gasteiger partial charge is 0.165 e. The molecule has 4 heteroatoms. The lowest BCUT2D eigenvalue weighted by atomic mass is 9.86. The molecule has 1 aromatic rings. The maximum absolute atomic E-state index is 6.19. The molecule has 1 aliphatic rings. The lowest BCUT2D eigenvalue weighted by molar-refractivity contribution is 0.174. The summed E-state index contributed by atoms with van der Waals surface area (Å²) in [5.74, 6) is 2.23. The number of ether oxygens (including phenoxy) is 2. The summed E-state index contributed by atoms with van der Waals surface area (Å²) in [6.45, 7) is 7.90. The Balaban J connectivity index is 2.15. The molecule has 0 bridgehead atoms. The number of hydrogen-bond donors (Lipinski definition) is 1. The lowest BCUT2D eigenvalue weighted by Gasteiger charge is -2.27. The van der Waals surface area contributed by atoms with Crippen molar-refractivity contribution in [1.82, 2.24) is 5.32 Å². The molecule has 0 aliphatic heterocycles. The van der Waals surface area contributed by atoms with Gasteiger partial charge in [0.15, 0.2) is 11.5 Å². The highest BCUT2D eigenvalue weighted by Gasteiger charge is 2.21. The fourth-order valence-electron chi connectivity index (χ4n) is 2.29. The number of hydrogen-bond acceptors (Lipinski definition) is 3. The third kappa shape index (κ3) is 4.79. The molecule has 1 aromatic carbocycles. The van der Waals surface area contributed by atoms with E-state index in [9.17, 15) is 0 Å². The highest BCUT2D eigenvalue weighted by atomic mass is 35.5. The first-order chi connectivity index (χ1) is 9.89. The summed E-state index contributed by atoms with van der Waals surface area (Å²) in [4.78, 5) is 0. The summed E-state index contributed by atoms with van der Waals surface area (Å²) in [6.07, 6.45) is 3.86. The number of rotatable bonds is 6. The third-order valence-corrected chi connectivity index (χ3v) is 4.03. The Hall–Kier alpha value is -0.930. The van der Waals surface area contributed by atoms with Gasteiger partial charge in [-0.1, -0.05) is 18.0 Å². The van der Waals surface area contributed by atoms with Gasteiger partial charge in [0.05, 0.1) is 13.7 Å². The van der Waals surface area contributed by atoms with Crippen molar-refractivity contribution in [3.8, 4) is 11.5 Å². The molecule has 118 valence electrons. The van der Waals surface area contributed by atoms with Crippen LogP contribution in [-0.2, 0) is 6.54 Å². The maximum atomic E-state index is 6.19. The average molecular weight is 312 g/mol. The van der Waals surface area contributed by atoms with Crippen LogP contribution in [0.15, 0.2) is 12.1 Å². The van der Waals surface area contributed by atoms with Gasteiger partial charge in [0.25, 0.3) is 0 Å². The van der Waals surface area contributed by atoms with Crippen molar-refractivity contribution in [3.05, 3.63) is 22.7 Å². The van der Waals surface area contributed by atoms with Crippen LogP contribution in [0.25, 0.3) is 0 Å². The van der Waals surface area contributed by atoms with E-state index in [2.05, 4.69) is 26.1 Å². The molecule has 0 aromatic heterocycles. The summed E-state index contributed by atoms with van der Waals surface area (Å²) >= 11 is 6.19. The van der Waals surface area contributed by atoms with Crippen LogP contribution in [0.1, 0.15) is 45.6 Å². The van der Waals surface area contributed by atoms with Crippen molar-refractivity contribution in [1.29, 1.82) is 0 Å². The van der Waals surface area contributed by atoms with Gasteiger partial charge in [-0.05, 0) is 45.6 Å². The van der Waals surface area contributed by atoms with E-state index in [0.717, 1.165) is 17.9 Å². The van der Waals surface area contributed by atoms with Crippen molar-refractivity contribution < 1.29 is 9.47 Å². The van der Waals surface area contributed by atoms with Gasteiger partial charge in [0, 0.05) is 28.7 Å². The largest absolute Gasteiger partial charge is 0.493 e. The Bertz CT molecular complexity index is 478. The molecule has 1 N–H and O–H groups in total. The molecule has 0 heterocycles. The zero-order valence-corrected chi connectivity index (χ0v) is 14.2. The molecule has 21 heavy (non-hydrogen) atoms. The summed E-state index contributed by atoms with van der Waals surface area (Å²) in [7, 11) is 1.66. The van der Waals surface area contributed by atoms with E-state index in [1.165, 1.54) is 19.3 Å². The monoisotopic (exact) mass is 311 g/mol. The van der Waals surface area contributed by atoms with Gasteiger partial charge in [0.2, 0.25) is 0 Å². The van der Waals surface area contributed by atoms with Crippen molar-refractivity contribution >= 4 is 11.6 Å². The van der Waals surface area contributed by atoms with E-state index in [1.54, 1.807) is 7.11 Å². The number of methoxy groups -OCH3 is 1. The second-order valence-corrected chi connectivity index (χ2v) is 7.24. The Morgan fingerprint density at radius 1 is 1.29 bits per heavy atom. The standard InChI is InChI=1S/C17H26ClNO2/c1-17(2,3)19-10-13-8-14(18)9-15(20-4)16(13)21-11-12-6-5-7-12/h8-9,12,19H,5-7,10-11H2,1-4H3. The summed E-state index contributed by atoms with van der Waals surface area (Å²) in [5.41, 5.74) is 1.09. The highest BCUT2D eigenvalue weighted by Crippen LogP contribution is 2.36. The molecule has 0 radical (unpaired) electrons. The predicted octanol–water partition coefficient (Wildman–Crippen LogP) is 4.42. The van der Waals surface area contributed by atoms with E-state index in [4.69, 9.17) is 21.1 Å². The number of halogens is 1. The van der Waals surface area contributed by atoms with E-state index in [-0.39, 0.29) is 5.54 Å². The summed E-state index contributed by atoms with van der Waals surface area (Å²) in [5, 5.41) is 4.15. The minimum absolute atomic E-state index is 0.0425. The Morgan fingerprint density at radius 3 is 2.52 bits per heavy atom. The highest BCUT2D eigenvalue weighted by molar-refractivity contribution is 6.30. The van der Waals surface area contributed by atoms with Gasteiger partial charge in [-0.3, -0.25) is 0 Å². The molecule has 1 aliphatic carbocycles. The molecule has 0 saturated heterocycles. The molecule has 0 spiro atoms. The second kappa shape index (κ2) is 6.89. The van der Waals surface area contributed by atoms with Crippen LogP contribution in [-0.4, -0.2) is 19.3 Å². The quantitative estimate of drug-likeness (QED) is 0.844. The van der Waals surface area contributed by atoms with Crippen LogP contribution in [0.2, 0.25) is 5.02 Å². The van der Waals surface area contributed by atoms with Gasteiger partial charge in [-0.2, -0.15) is 0 Å². The third-order valence-electron chi connectivity index (χ3n) is 3.81. The molecule has 0 amide bonds. The minimum atomic E-state index is 0.0425. The van der Waals surface area contributed by atoms with Crippen LogP contribution < -0.4 is 14.8 Å². The Morgan fingerprint density at radius 2 is 2.00 bits per heavy atom. The zero-order chi connectivity index (χ0) is 15.5. The van der Waals surface area contributed by atoms with Gasteiger partial charge < -0.3 is 14.8 Å². The van der Waals surface area contributed by atoms with Crippen LogP contribution in [0.4, 0.5) is 0 Å². The zero-order valence-electron chi connectivity index (χ0n) is 13.5. The molecular formula is C17H26ClNO2. The van der Waals surface area contributed by atoms with E-state index in [1.807, 2.05) is 12.1 Å². The summed E-state index contributed by atoms with van der Waals surface area (Å²) < 4.78 is 11.5. The van der Waals surface area contributed by atoms with Crippen molar-refractivity contribution in [3.63, 3.8) is 0 Å². The van der Waals surface area contributed by atoms with Crippen LogP contribution >= 0.6 is 11.6 Å². The molecule has 3 nitrogen and oxygen atoms in total. The average Bonchev–Trinajstić information content (AvgIpc) is 2.34. The molecule has 1 fully saturated rings. The summed E-state index contributed by atoms with van der Waals surface area (Å²) in [6, 6.07) is 3.77. The van der Waals surface area contributed by atoms with Crippen LogP contribution in [0.5, 0.6) is 11.5 Å². The van der Waals surface area contributed by atoms with Gasteiger partial charge in [-0.15, -0.1) is 0 Å². The van der Waals surface area contributed by atoms with Crippen LogP contribution in [0.3, 0.4) is 0 Å². The van der Waals surface area contributed by atoms with Crippen molar-refractivity contribution in [2.75, 3.05) is 13.7 Å². The lowest BCUT2D eigenvalue weighted by Crippen LogP contribution is -2.35. The number of nitrogens with one attached hydrogen (secondary N) is 1. The molecule has 1 saturated carbocycles. The van der Waals surface area contributed by atoms with E-state index >= 15 is 0 Å². The second-order valence-electron chi connectivity index (χ2n) is 6.81. The minimum Gasteiger partial charge on any atom is -0.493 e. The van der Waals surface area contributed by atoms with Crippen molar-refractivity contribution in [2.24, 2.45) is 5.92 Å². The topological polar surface area (TPSA) is 30.5 Å². The molecular weight excluding hydrogens is 286 g/mol. The Kier molecular flexibility index (Phi) is 5.39. The van der Waals surface area contributed by atoms with Gasteiger partial charge >= 0.3 is 0 Å². The van der Waals surface area contributed by atoms with Gasteiger partial charge in [0.1, 0.15) is 0 Å².